The Hall–Kier alpha value is -1.59. The molecule has 6 heteroatoms. The summed E-state index contributed by atoms with van der Waals surface area (Å²) in [5.41, 5.74) is -0.485. The summed E-state index contributed by atoms with van der Waals surface area (Å²) in [5.74, 6) is -0.475. The summed E-state index contributed by atoms with van der Waals surface area (Å²) in [6.07, 6.45) is 4.71. The lowest BCUT2D eigenvalue weighted by Crippen LogP contribution is -2.53. The number of rotatable bonds is 9. The minimum atomic E-state index is -0.485. The molecule has 0 saturated heterocycles. The third-order valence-corrected chi connectivity index (χ3v) is 3.18. The monoisotopic (exact) mass is 298 g/mol. The fraction of sp³-hybridized carbons (Fsp3) is 0.800. The fourth-order valence-corrected chi connectivity index (χ4v) is 1.88. The molecule has 1 N–H and O–H groups in total. The van der Waals surface area contributed by atoms with E-state index in [1.54, 1.807) is 6.41 Å². The van der Waals surface area contributed by atoms with Crippen LogP contribution in [-0.4, -0.2) is 60.2 Å². The molecule has 121 valence electrons. The Morgan fingerprint density at radius 1 is 1.14 bits per heavy atom. The molecule has 0 saturated carbocycles. The molecular formula is C15H28N3O3. The van der Waals surface area contributed by atoms with Crippen molar-refractivity contribution in [2.24, 2.45) is 0 Å². The first kappa shape index (κ1) is 19.4. The van der Waals surface area contributed by atoms with Gasteiger partial charge in [0.1, 0.15) is 13.1 Å². The van der Waals surface area contributed by atoms with Gasteiger partial charge in [0.15, 0.2) is 0 Å². The normalized spacial score (nSPS) is 10.9. The van der Waals surface area contributed by atoms with Crippen LogP contribution >= 0.6 is 0 Å². The highest BCUT2D eigenvalue weighted by Gasteiger charge is 2.29. The Balaban J connectivity index is 4.71. The van der Waals surface area contributed by atoms with Crippen LogP contribution in [0.5, 0.6) is 0 Å². The molecule has 0 aliphatic carbocycles. The van der Waals surface area contributed by atoms with Crippen LogP contribution in [0.3, 0.4) is 0 Å². The van der Waals surface area contributed by atoms with Gasteiger partial charge in [-0.25, -0.2) is 0 Å². The molecule has 0 spiro atoms. The zero-order valence-corrected chi connectivity index (χ0v) is 13.9. The van der Waals surface area contributed by atoms with Crippen LogP contribution in [0.15, 0.2) is 0 Å². The molecule has 0 atom stereocenters. The van der Waals surface area contributed by atoms with Crippen molar-refractivity contribution in [3.05, 3.63) is 0 Å². The number of nitrogens with zero attached hydrogens (tertiary/aromatic N) is 2. The second kappa shape index (κ2) is 9.37. The summed E-state index contributed by atoms with van der Waals surface area (Å²) >= 11 is 0. The Morgan fingerprint density at radius 3 is 2.19 bits per heavy atom. The molecule has 0 aliphatic heterocycles. The summed E-state index contributed by atoms with van der Waals surface area (Å²) in [5, 5.41) is 2.51. The molecule has 21 heavy (non-hydrogen) atoms. The predicted octanol–water partition coefficient (Wildman–Crippen LogP) is 0.919. The molecule has 0 aliphatic rings. The molecule has 0 bridgehead atoms. The van der Waals surface area contributed by atoms with E-state index in [0.717, 1.165) is 19.3 Å². The largest absolute Gasteiger partial charge is 0.358 e. The standard InChI is InChI=1S/C15H28N3O3/c1-6-7-8-9-17(12-19)11-14(21)18(15(2,3)4)10-13(20)16-5/h6-11H2,1-5H3,(H,16,20). The first-order valence-electron chi connectivity index (χ1n) is 7.40. The maximum Gasteiger partial charge on any atom is 0.312 e. The zero-order valence-electron chi connectivity index (χ0n) is 13.9. The number of hydrogen-bond acceptors (Lipinski definition) is 3. The van der Waals surface area contributed by atoms with Gasteiger partial charge in [-0.1, -0.05) is 19.8 Å². The van der Waals surface area contributed by atoms with E-state index < -0.39 is 5.54 Å². The Bertz CT molecular complexity index is 351. The van der Waals surface area contributed by atoms with Crippen molar-refractivity contribution in [3.8, 4) is 0 Å². The van der Waals surface area contributed by atoms with Gasteiger partial charge in [0.25, 0.3) is 0 Å². The lowest BCUT2D eigenvalue weighted by atomic mass is 10.1. The van der Waals surface area contributed by atoms with E-state index in [2.05, 4.69) is 12.2 Å². The summed E-state index contributed by atoms with van der Waals surface area (Å²) in [6, 6.07) is 0. The minimum absolute atomic E-state index is 0.0134. The summed E-state index contributed by atoms with van der Waals surface area (Å²) < 4.78 is 0. The van der Waals surface area contributed by atoms with Crippen LogP contribution in [0.25, 0.3) is 0 Å². The van der Waals surface area contributed by atoms with E-state index in [9.17, 15) is 14.4 Å². The van der Waals surface area contributed by atoms with Crippen LogP contribution in [0, 0.1) is 0 Å². The number of nitrogens with one attached hydrogen (secondary N) is 1. The molecular weight excluding hydrogens is 270 g/mol. The number of carbonyl (C=O) groups is 2. The summed E-state index contributed by atoms with van der Waals surface area (Å²) in [4.78, 5) is 37.7. The highest BCUT2D eigenvalue weighted by atomic mass is 16.2. The van der Waals surface area contributed by atoms with Gasteiger partial charge in [-0.2, -0.15) is 0 Å². The van der Waals surface area contributed by atoms with Gasteiger partial charge in [-0.3, -0.25) is 14.4 Å². The quantitative estimate of drug-likeness (QED) is 0.508. The second-order valence-electron chi connectivity index (χ2n) is 6.04. The van der Waals surface area contributed by atoms with Crippen LogP contribution < -0.4 is 5.32 Å². The van der Waals surface area contributed by atoms with Gasteiger partial charge < -0.3 is 15.1 Å². The van der Waals surface area contributed by atoms with Crippen molar-refractivity contribution in [1.82, 2.24) is 15.1 Å². The number of hydrogen-bond donors (Lipinski definition) is 1. The highest BCUT2D eigenvalue weighted by molar-refractivity contribution is 5.86. The molecule has 0 unspecified atom stereocenters. The molecule has 0 rings (SSSR count). The van der Waals surface area contributed by atoms with E-state index in [1.165, 1.54) is 16.8 Å². The molecule has 1 radical (unpaired) electrons. The van der Waals surface area contributed by atoms with Crippen molar-refractivity contribution < 1.29 is 14.4 Å². The van der Waals surface area contributed by atoms with Crippen LogP contribution in [0.4, 0.5) is 0 Å². The topological polar surface area (TPSA) is 69.7 Å². The maximum atomic E-state index is 12.4. The van der Waals surface area contributed by atoms with Gasteiger partial charge in [-0.05, 0) is 27.2 Å². The van der Waals surface area contributed by atoms with Crippen molar-refractivity contribution in [2.45, 2.75) is 52.5 Å². The van der Waals surface area contributed by atoms with Gasteiger partial charge in [-0.15, -0.1) is 0 Å². The van der Waals surface area contributed by atoms with Gasteiger partial charge in [0.2, 0.25) is 11.8 Å². The summed E-state index contributed by atoms with van der Waals surface area (Å²) in [6.45, 7) is 8.12. The molecule has 0 heterocycles. The van der Waals surface area contributed by atoms with E-state index >= 15 is 0 Å². The van der Waals surface area contributed by atoms with Crippen molar-refractivity contribution in [1.29, 1.82) is 0 Å². The third-order valence-electron chi connectivity index (χ3n) is 3.18. The molecule has 3 amide bonds. The fourth-order valence-electron chi connectivity index (χ4n) is 1.88. The number of likely N-dealkylation sites (N-methyl/N-ethyl adjacent to an activating group) is 1. The number of carbonyl (C=O) groups excluding carboxylic acids is 3. The SMILES string of the molecule is CCCCCN([C]=O)CC(=O)N(CC(=O)NC)C(C)(C)C. The second-order valence-corrected chi connectivity index (χ2v) is 6.04. The van der Waals surface area contributed by atoms with E-state index in [0.29, 0.717) is 6.54 Å². The van der Waals surface area contributed by atoms with Crippen LogP contribution in [0.2, 0.25) is 0 Å². The third kappa shape index (κ3) is 7.68. The average molecular weight is 298 g/mol. The van der Waals surface area contributed by atoms with Crippen molar-refractivity contribution in [2.75, 3.05) is 26.7 Å². The first-order chi connectivity index (χ1) is 9.76. The Labute approximate surface area is 127 Å². The number of unbranched alkanes of at least 4 members (excludes halogenated alkanes) is 2. The highest BCUT2D eigenvalue weighted by Crippen LogP contribution is 2.13. The Morgan fingerprint density at radius 2 is 1.76 bits per heavy atom. The predicted molar refractivity (Wildman–Crippen MR) is 82.3 cm³/mol. The van der Waals surface area contributed by atoms with Crippen molar-refractivity contribution >= 4 is 18.2 Å². The lowest BCUT2D eigenvalue weighted by Gasteiger charge is -2.36. The van der Waals surface area contributed by atoms with E-state index in [1.807, 2.05) is 20.8 Å². The smallest absolute Gasteiger partial charge is 0.312 e. The summed E-state index contributed by atoms with van der Waals surface area (Å²) in [7, 11) is 1.53. The van der Waals surface area contributed by atoms with Gasteiger partial charge in [0.05, 0.1) is 0 Å². The molecule has 0 aromatic rings. The Kier molecular flexibility index (Phi) is 8.66. The average Bonchev–Trinajstić information content (AvgIpc) is 2.41. The lowest BCUT2D eigenvalue weighted by molar-refractivity contribution is -0.141. The van der Waals surface area contributed by atoms with E-state index in [-0.39, 0.29) is 24.9 Å². The molecule has 0 aromatic heterocycles. The number of amides is 3. The van der Waals surface area contributed by atoms with Crippen LogP contribution in [0.1, 0.15) is 47.0 Å². The van der Waals surface area contributed by atoms with Gasteiger partial charge in [0, 0.05) is 19.1 Å². The first-order valence-corrected chi connectivity index (χ1v) is 7.40. The zero-order chi connectivity index (χ0) is 16.5. The molecule has 6 nitrogen and oxygen atoms in total. The van der Waals surface area contributed by atoms with E-state index in [4.69, 9.17) is 0 Å². The minimum Gasteiger partial charge on any atom is -0.358 e. The van der Waals surface area contributed by atoms with Crippen molar-refractivity contribution in [3.63, 3.8) is 0 Å². The molecule has 0 fully saturated rings. The van der Waals surface area contributed by atoms with Gasteiger partial charge >= 0.3 is 6.41 Å². The maximum absolute atomic E-state index is 12.4. The molecule has 0 aromatic carbocycles. The van der Waals surface area contributed by atoms with Crippen LogP contribution in [-0.2, 0) is 14.4 Å².